The number of nitrogens with one attached hydrogen (secondary N) is 1. The second-order valence-corrected chi connectivity index (χ2v) is 6.61. The van der Waals surface area contributed by atoms with Gasteiger partial charge in [-0.2, -0.15) is 0 Å². The lowest BCUT2D eigenvalue weighted by Gasteiger charge is -2.07. The molecular weight excluding hydrogens is 382 g/mol. The molecule has 2 aromatic heterocycles. The lowest BCUT2D eigenvalue weighted by molar-refractivity contribution is 0.0977. The van der Waals surface area contributed by atoms with Crippen molar-refractivity contribution in [2.24, 2.45) is 5.73 Å². The lowest BCUT2D eigenvalue weighted by atomic mass is 10.1. The molecule has 0 radical (unpaired) electrons. The molecule has 30 heavy (non-hydrogen) atoms. The second kappa shape index (κ2) is 8.08. The van der Waals surface area contributed by atoms with Crippen molar-refractivity contribution in [2.45, 2.75) is 13.3 Å². The van der Waals surface area contributed by atoms with Gasteiger partial charge in [-0.1, -0.05) is 31.2 Å². The van der Waals surface area contributed by atoms with Gasteiger partial charge in [0.15, 0.2) is 0 Å². The number of benzene rings is 2. The van der Waals surface area contributed by atoms with Crippen LogP contribution in [0.5, 0.6) is 11.6 Å². The number of aromatic nitrogens is 1. The Morgan fingerprint density at radius 2 is 1.90 bits per heavy atom. The van der Waals surface area contributed by atoms with Crippen molar-refractivity contribution in [2.75, 3.05) is 5.32 Å². The van der Waals surface area contributed by atoms with Crippen molar-refractivity contribution in [1.29, 1.82) is 0 Å². The number of primary amides is 1. The van der Waals surface area contributed by atoms with E-state index in [-0.39, 0.29) is 11.4 Å². The van der Waals surface area contributed by atoms with E-state index in [4.69, 9.17) is 14.9 Å². The molecule has 4 rings (SSSR count). The molecule has 0 saturated heterocycles. The first-order valence-corrected chi connectivity index (χ1v) is 9.40. The Bertz CT molecular complexity index is 1210. The van der Waals surface area contributed by atoms with Crippen LogP contribution in [0.1, 0.15) is 33.4 Å². The lowest BCUT2D eigenvalue weighted by Crippen LogP contribution is -2.17. The van der Waals surface area contributed by atoms with Gasteiger partial charge in [-0.25, -0.2) is 4.98 Å². The van der Waals surface area contributed by atoms with Gasteiger partial charge in [0.25, 0.3) is 11.8 Å². The third kappa shape index (κ3) is 3.86. The first-order valence-electron chi connectivity index (χ1n) is 9.40. The summed E-state index contributed by atoms with van der Waals surface area (Å²) in [5.74, 6) is -0.299. The smallest absolute Gasteiger partial charge is 0.286 e. The largest absolute Gasteiger partial charge is 0.449 e. The van der Waals surface area contributed by atoms with Gasteiger partial charge in [-0.05, 0) is 42.3 Å². The van der Waals surface area contributed by atoms with Crippen molar-refractivity contribution >= 4 is 28.5 Å². The molecule has 0 spiro atoms. The molecule has 0 unspecified atom stereocenters. The standard InChI is InChI=1S/C23H19N3O4/c1-2-14-8-10-17-18(12-14)30-21(22(24)27)20(17)26-23(28)15-9-11-19(25-13-15)29-16-6-4-3-5-7-16/h3-13H,2H2,1H3,(H2,24,27)(H,26,28). The van der Waals surface area contributed by atoms with Gasteiger partial charge in [0.05, 0.1) is 5.56 Å². The van der Waals surface area contributed by atoms with E-state index in [1.165, 1.54) is 6.20 Å². The fourth-order valence-electron chi connectivity index (χ4n) is 3.03. The molecule has 2 heterocycles. The Kier molecular flexibility index (Phi) is 5.17. The van der Waals surface area contributed by atoms with Crippen molar-refractivity contribution < 1.29 is 18.7 Å². The molecule has 0 aliphatic carbocycles. The van der Waals surface area contributed by atoms with Crippen LogP contribution in [0.25, 0.3) is 11.0 Å². The number of hydrogen-bond donors (Lipinski definition) is 2. The second-order valence-electron chi connectivity index (χ2n) is 6.61. The van der Waals surface area contributed by atoms with E-state index in [2.05, 4.69) is 10.3 Å². The summed E-state index contributed by atoms with van der Waals surface area (Å²) in [7, 11) is 0. The number of nitrogens with two attached hydrogens (primary N) is 1. The number of para-hydroxylation sites is 1. The third-order valence-electron chi connectivity index (χ3n) is 4.59. The quantitative estimate of drug-likeness (QED) is 0.493. The normalized spacial score (nSPS) is 10.7. The summed E-state index contributed by atoms with van der Waals surface area (Å²) in [6.07, 6.45) is 2.21. The maximum absolute atomic E-state index is 12.7. The van der Waals surface area contributed by atoms with Crippen LogP contribution < -0.4 is 15.8 Å². The van der Waals surface area contributed by atoms with E-state index < -0.39 is 11.8 Å². The van der Waals surface area contributed by atoms with E-state index in [0.717, 1.165) is 12.0 Å². The van der Waals surface area contributed by atoms with Crippen molar-refractivity contribution in [1.82, 2.24) is 4.98 Å². The summed E-state index contributed by atoms with van der Waals surface area (Å²) in [6.45, 7) is 2.01. The number of ether oxygens (including phenoxy) is 1. The summed E-state index contributed by atoms with van der Waals surface area (Å²) in [6, 6.07) is 17.9. The van der Waals surface area contributed by atoms with E-state index >= 15 is 0 Å². The fraction of sp³-hybridized carbons (Fsp3) is 0.0870. The summed E-state index contributed by atoms with van der Waals surface area (Å²) in [4.78, 5) is 28.7. The maximum atomic E-state index is 12.7. The molecule has 2 amide bonds. The highest BCUT2D eigenvalue weighted by molar-refractivity contribution is 6.14. The van der Waals surface area contributed by atoms with Gasteiger partial charge < -0.3 is 20.2 Å². The molecular formula is C23H19N3O4. The number of nitrogens with zero attached hydrogens (tertiary/aromatic N) is 1. The topological polar surface area (TPSA) is 107 Å². The molecule has 2 aromatic carbocycles. The monoisotopic (exact) mass is 401 g/mol. The Labute approximate surface area is 172 Å². The van der Waals surface area contributed by atoms with Gasteiger partial charge in [-0.3, -0.25) is 9.59 Å². The van der Waals surface area contributed by atoms with E-state index in [1.54, 1.807) is 18.2 Å². The van der Waals surface area contributed by atoms with Crippen molar-refractivity contribution in [3.05, 3.63) is 83.7 Å². The minimum absolute atomic E-state index is 0.0939. The number of carbonyl (C=O) groups is 2. The number of carbonyl (C=O) groups excluding carboxylic acids is 2. The van der Waals surface area contributed by atoms with Crippen LogP contribution in [0.15, 0.2) is 71.3 Å². The highest BCUT2D eigenvalue weighted by Crippen LogP contribution is 2.32. The summed E-state index contributed by atoms with van der Waals surface area (Å²) >= 11 is 0. The third-order valence-corrected chi connectivity index (χ3v) is 4.59. The molecule has 0 aliphatic rings. The zero-order chi connectivity index (χ0) is 21.1. The fourth-order valence-corrected chi connectivity index (χ4v) is 3.03. The molecule has 7 heteroatoms. The molecule has 0 saturated carbocycles. The Morgan fingerprint density at radius 1 is 1.10 bits per heavy atom. The molecule has 150 valence electrons. The number of rotatable bonds is 6. The maximum Gasteiger partial charge on any atom is 0.286 e. The molecule has 0 bridgehead atoms. The Hall–Kier alpha value is -4.13. The number of fused-ring (bicyclic) bond motifs is 1. The van der Waals surface area contributed by atoms with Crippen LogP contribution in [0.3, 0.4) is 0 Å². The van der Waals surface area contributed by atoms with Gasteiger partial charge in [0, 0.05) is 17.6 Å². The average molecular weight is 401 g/mol. The molecule has 0 aliphatic heterocycles. The molecule has 0 atom stereocenters. The van der Waals surface area contributed by atoms with Crippen LogP contribution in [0.4, 0.5) is 5.69 Å². The molecule has 4 aromatic rings. The zero-order valence-corrected chi connectivity index (χ0v) is 16.2. The van der Waals surface area contributed by atoms with Gasteiger partial charge in [0.2, 0.25) is 11.6 Å². The van der Waals surface area contributed by atoms with Crippen molar-refractivity contribution in [3.8, 4) is 11.6 Å². The summed E-state index contributed by atoms with van der Waals surface area (Å²) < 4.78 is 11.2. The highest BCUT2D eigenvalue weighted by atomic mass is 16.5. The zero-order valence-electron chi connectivity index (χ0n) is 16.2. The van der Waals surface area contributed by atoms with E-state index in [9.17, 15) is 9.59 Å². The van der Waals surface area contributed by atoms with E-state index in [1.807, 2.05) is 49.4 Å². The number of aryl methyl sites for hydroxylation is 1. The van der Waals surface area contributed by atoms with Gasteiger partial charge in [0.1, 0.15) is 17.0 Å². The number of anilines is 1. The number of hydrogen-bond acceptors (Lipinski definition) is 5. The first-order chi connectivity index (χ1) is 14.5. The van der Waals surface area contributed by atoms with Crippen LogP contribution in [-0.4, -0.2) is 16.8 Å². The predicted molar refractivity (Wildman–Crippen MR) is 113 cm³/mol. The van der Waals surface area contributed by atoms with E-state index in [0.29, 0.717) is 28.2 Å². The summed E-state index contributed by atoms with van der Waals surface area (Å²) in [5.41, 5.74) is 7.52. The molecule has 7 nitrogen and oxygen atoms in total. The number of pyridine rings is 1. The number of furan rings is 1. The minimum Gasteiger partial charge on any atom is -0.449 e. The average Bonchev–Trinajstić information content (AvgIpc) is 3.12. The summed E-state index contributed by atoms with van der Waals surface area (Å²) in [5, 5.41) is 3.33. The van der Waals surface area contributed by atoms with Crippen LogP contribution in [-0.2, 0) is 6.42 Å². The molecule has 0 fully saturated rings. The SMILES string of the molecule is CCc1ccc2c(NC(=O)c3ccc(Oc4ccccc4)nc3)c(C(N)=O)oc2c1. The minimum atomic E-state index is -0.760. The van der Waals surface area contributed by atoms with Crippen LogP contribution in [0.2, 0.25) is 0 Å². The number of amides is 2. The van der Waals surface area contributed by atoms with Crippen LogP contribution in [0, 0.1) is 0 Å². The van der Waals surface area contributed by atoms with Crippen molar-refractivity contribution in [3.63, 3.8) is 0 Å². The van der Waals surface area contributed by atoms with Gasteiger partial charge in [-0.15, -0.1) is 0 Å². The Morgan fingerprint density at radius 3 is 2.57 bits per heavy atom. The van der Waals surface area contributed by atoms with Crippen LogP contribution >= 0.6 is 0 Å². The predicted octanol–water partition coefficient (Wildman–Crippen LogP) is 4.53. The first kappa shape index (κ1) is 19.2. The van der Waals surface area contributed by atoms with Gasteiger partial charge >= 0.3 is 0 Å². The Balaban J connectivity index is 1.58. The molecule has 3 N–H and O–H groups in total. The highest BCUT2D eigenvalue weighted by Gasteiger charge is 2.21.